The topological polar surface area (TPSA) is 46.5 Å². The Balaban J connectivity index is 1.67. The quantitative estimate of drug-likeness (QED) is 0.475. The van der Waals surface area contributed by atoms with Gasteiger partial charge in [0.25, 0.3) is 0 Å². The van der Waals surface area contributed by atoms with Crippen LogP contribution in [0.4, 0.5) is 0 Å². The second-order valence-electron chi connectivity index (χ2n) is 6.15. The second-order valence-corrected chi connectivity index (χ2v) is 6.77. The van der Waals surface area contributed by atoms with E-state index in [1.54, 1.807) is 6.20 Å². The van der Waals surface area contributed by atoms with Gasteiger partial charge in [-0.05, 0) is 12.5 Å². The normalized spacial score (nSPS) is 12.2. The van der Waals surface area contributed by atoms with E-state index < -0.39 is 0 Å². The van der Waals surface area contributed by atoms with Gasteiger partial charge in [-0.15, -0.1) is 0 Å². The third-order valence-corrected chi connectivity index (χ3v) is 4.84. The van der Waals surface area contributed by atoms with Crippen molar-refractivity contribution in [2.75, 3.05) is 0 Å². The lowest BCUT2D eigenvalue weighted by Gasteiger charge is -2.07. The Labute approximate surface area is 158 Å². The van der Waals surface area contributed by atoms with E-state index in [9.17, 15) is 0 Å². The molecule has 0 aliphatic heterocycles. The van der Waals surface area contributed by atoms with Gasteiger partial charge in [-0.1, -0.05) is 60.7 Å². The predicted molar refractivity (Wildman–Crippen MR) is 108 cm³/mol. The summed E-state index contributed by atoms with van der Waals surface area (Å²) in [6, 6.07) is 22.5. The molecule has 0 aliphatic carbocycles. The molecule has 0 radical (unpaired) electrons. The van der Waals surface area contributed by atoms with Crippen molar-refractivity contribution in [3.63, 3.8) is 0 Å². The molecule has 4 rings (SSSR count). The Morgan fingerprint density at radius 3 is 2.27 bits per heavy atom. The Bertz CT molecular complexity index is 889. The Kier molecular flexibility index (Phi) is 4.88. The largest absolute Gasteiger partial charge is 0.341 e. The smallest absolute Gasteiger partial charge is 0.120 e. The van der Waals surface area contributed by atoms with Crippen LogP contribution in [0.2, 0.25) is 0 Å². The molecule has 4 nitrogen and oxygen atoms in total. The number of rotatable bonds is 6. The summed E-state index contributed by atoms with van der Waals surface area (Å²) in [5, 5.41) is 4.26. The minimum Gasteiger partial charge on any atom is -0.341 e. The average Bonchev–Trinajstić information content (AvgIpc) is 3.37. The van der Waals surface area contributed by atoms with Crippen molar-refractivity contribution < 1.29 is 0 Å². The van der Waals surface area contributed by atoms with Crippen molar-refractivity contribution in [2.24, 2.45) is 0 Å². The number of aromatic amines is 1. The third kappa shape index (κ3) is 3.58. The Morgan fingerprint density at radius 2 is 1.62 bits per heavy atom. The minimum absolute atomic E-state index is 0.0131. The summed E-state index contributed by atoms with van der Waals surface area (Å²) >= 11 is 4.78. The summed E-state index contributed by atoms with van der Waals surface area (Å²) in [4.78, 5) is 8.40. The van der Waals surface area contributed by atoms with Crippen LogP contribution in [0, 0.1) is 0 Å². The highest BCUT2D eigenvalue weighted by Gasteiger charge is 2.18. The van der Waals surface area contributed by atoms with Gasteiger partial charge >= 0.3 is 0 Å². The lowest BCUT2D eigenvalue weighted by Crippen LogP contribution is -2.03. The fraction of sp³-hybridized carbons (Fsp3) is 0.143. The lowest BCUT2D eigenvalue weighted by atomic mass is 10.1. The van der Waals surface area contributed by atoms with Gasteiger partial charge in [-0.2, -0.15) is 17.7 Å². The molecule has 5 heteroatoms. The number of nitrogens with zero attached hydrogens (tertiary/aromatic N) is 3. The molecule has 0 spiro atoms. The highest BCUT2D eigenvalue weighted by Crippen LogP contribution is 2.33. The highest BCUT2D eigenvalue weighted by atomic mass is 32.1. The van der Waals surface area contributed by atoms with Gasteiger partial charge in [0, 0.05) is 30.1 Å². The molecule has 0 saturated carbocycles. The molecule has 2 heterocycles. The van der Waals surface area contributed by atoms with Gasteiger partial charge in [0.1, 0.15) is 5.82 Å². The first kappa shape index (κ1) is 16.7. The number of thiol groups is 1. The predicted octanol–water partition coefficient (Wildman–Crippen LogP) is 5.00. The number of hydrogen-bond acceptors (Lipinski definition) is 3. The number of hydrogen-bond donors (Lipinski definition) is 2. The molecule has 26 heavy (non-hydrogen) atoms. The van der Waals surface area contributed by atoms with Gasteiger partial charge in [-0.3, -0.25) is 4.68 Å². The number of nitrogens with one attached hydrogen (secondary N) is 1. The maximum absolute atomic E-state index is 4.90. The van der Waals surface area contributed by atoms with Crippen LogP contribution in [-0.2, 0) is 6.54 Å². The molecular weight excluding hydrogens is 340 g/mol. The summed E-state index contributed by atoms with van der Waals surface area (Å²) in [5.41, 5.74) is 4.22. The van der Waals surface area contributed by atoms with Gasteiger partial charge in [0.05, 0.1) is 16.6 Å². The van der Waals surface area contributed by atoms with Crippen LogP contribution in [0.5, 0.6) is 0 Å². The van der Waals surface area contributed by atoms with Gasteiger partial charge < -0.3 is 4.98 Å². The van der Waals surface area contributed by atoms with Crippen molar-refractivity contribution in [1.82, 2.24) is 19.7 Å². The molecule has 130 valence electrons. The number of aromatic nitrogens is 4. The second kappa shape index (κ2) is 7.62. The maximum atomic E-state index is 4.90. The zero-order valence-electron chi connectivity index (χ0n) is 14.3. The van der Waals surface area contributed by atoms with Gasteiger partial charge in [-0.25, -0.2) is 4.98 Å². The number of imidazole rings is 1. The molecule has 0 bridgehead atoms. The molecule has 4 aromatic rings. The molecule has 1 atom stereocenters. The standard InChI is InChI=1S/C21H20N4S/c26-18(12-15-25-14-7-13-22-25)21-23-19(16-8-3-1-4-9-16)20(24-21)17-10-5-2-6-11-17/h1-11,13-14,18,26H,12,15H2,(H,23,24). The van der Waals surface area contributed by atoms with E-state index in [1.165, 1.54) is 0 Å². The van der Waals surface area contributed by atoms with Crippen LogP contribution in [0.1, 0.15) is 17.5 Å². The van der Waals surface area contributed by atoms with E-state index in [0.29, 0.717) is 0 Å². The van der Waals surface area contributed by atoms with Crippen LogP contribution in [-0.4, -0.2) is 19.7 Å². The van der Waals surface area contributed by atoms with Crippen LogP contribution >= 0.6 is 12.6 Å². The van der Waals surface area contributed by atoms with Crippen LogP contribution < -0.4 is 0 Å². The number of H-pyrrole nitrogens is 1. The number of benzene rings is 2. The summed E-state index contributed by atoms with van der Waals surface area (Å²) in [6.45, 7) is 0.809. The van der Waals surface area contributed by atoms with Crippen molar-refractivity contribution in [3.8, 4) is 22.5 Å². The van der Waals surface area contributed by atoms with E-state index >= 15 is 0 Å². The first-order valence-electron chi connectivity index (χ1n) is 8.67. The Morgan fingerprint density at radius 1 is 0.923 bits per heavy atom. The van der Waals surface area contributed by atoms with E-state index in [4.69, 9.17) is 17.6 Å². The summed E-state index contributed by atoms with van der Waals surface area (Å²) in [5.74, 6) is 0.887. The summed E-state index contributed by atoms with van der Waals surface area (Å²) in [6.07, 6.45) is 4.61. The molecule has 0 fully saturated rings. The molecular formula is C21H20N4S. The van der Waals surface area contributed by atoms with E-state index in [2.05, 4.69) is 34.3 Å². The molecule has 0 saturated heterocycles. The van der Waals surface area contributed by atoms with E-state index in [-0.39, 0.29) is 5.25 Å². The third-order valence-electron chi connectivity index (χ3n) is 4.34. The average molecular weight is 360 g/mol. The van der Waals surface area contributed by atoms with E-state index in [1.807, 2.05) is 53.3 Å². The van der Waals surface area contributed by atoms with Crippen molar-refractivity contribution in [1.29, 1.82) is 0 Å². The van der Waals surface area contributed by atoms with Crippen LogP contribution in [0.25, 0.3) is 22.5 Å². The summed E-state index contributed by atoms with van der Waals surface area (Å²) < 4.78 is 1.92. The first-order valence-corrected chi connectivity index (χ1v) is 9.19. The molecule has 2 aromatic heterocycles. The fourth-order valence-electron chi connectivity index (χ4n) is 2.99. The molecule has 1 unspecified atom stereocenters. The summed E-state index contributed by atoms with van der Waals surface area (Å²) in [7, 11) is 0. The molecule has 0 amide bonds. The lowest BCUT2D eigenvalue weighted by molar-refractivity contribution is 0.568. The SMILES string of the molecule is SC(CCn1cccn1)c1nc(-c2ccccc2)c(-c2ccccc2)[nH]1. The van der Waals surface area contributed by atoms with Crippen LogP contribution in [0.3, 0.4) is 0 Å². The highest BCUT2D eigenvalue weighted by molar-refractivity contribution is 7.80. The zero-order chi connectivity index (χ0) is 17.8. The molecule has 2 aromatic carbocycles. The minimum atomic E-state index is 0.0131. The van der Waals surface area contributed by atoms with Gasteiger partial charge in [0.2, 0.25) is 0 Å². The fourth-order valence-corrected chi connectivity index (χ4v) is 3.23. The van der Waals surface area contributed by atoms with Crippen LogP contribution in [0.15, 0.2) is 79.1 Å². The molecule has 0 aliphatic rings. The zero-order valence-corrected chi connectivity index (χ0v) is 15.2. The van der Waals surface area contributed by atoms with E-state index in [0.717, 1.165) is 41.3 Å². The monoisotopic (exact) mass is 360 g/mol. The van der Waals surface area contributed by atoms with Crippen molar-refractivity contribution >= 4 is 12.6 Å². The van der Waals surface area contributed by atoms with Crippen molar-refractivity contribution in [3.05, 3.63) is 84.9 Å². The first-order chi connectivity index (χ1) is 12.8. The maximum Gasteiger partial charge on any atom is 0.120 e. The van der Waals surface area contributed by atoms with Crippen molar-refractivity contribution in [2.45, 2.75) is 18.2 Å². The van der Waals surface area contributed by atoms with Gasteiger partial charge in [0.15, 0.2) is 0 Å². The number of aryl methyl sites for hydroxylation is 1. The molecule has 1 N–H and O–H groups in total. The Hall–Kier alpha value is -2.79.